The highest BCUT2D eigenvalue weighted by Gasteiger charge is 1.79. The summed E-state index contributed by atoms with van der Waals surface area (Å²) in [5.41, 5.74) is 0. The van der Waals surface area contributed by atoms with Crippen molar-refractivity contribution in [3.8, 4) is 0 Å². The molecule has 0 rings (SSSR count). The van der Waals surface area contributed by atoms with Gasteiger partial charge in [0, 0.05) is 0 Å². The minimum Gasteiger partial charge on any atom is -0.600 e. The first-order chi connectivity index (χ1) is 2.81. The summed E-state index contributed by atoms with van der Waals surface area (Å²) >= 11 is 0. The second-order valence-corrected chi connectivity index (χ2v) is 0.930. The van der Waals surface area contributed by atoms with Crippen molar-refractivity contribution in [3.63, 3.8) is 0 Å². The van der Waals surface area contributed by atoms with Crippen LogP contribution in [0.25, 0.3) is 0 Å². The predicted molar refractivity (Wildman–Crippen MR) is 21.9 cm³/mol. The van der Waals surface area contributed by atoms with Gasteiger partial charge in [0.05, 0.1) is 7.11 Å². The molecule has 0 spiro atoms. The van der Waals surface area contributed by atoms with Gasteiger partial charge in [-0.3, -0.25) is 0 Å². The van der Waals surface area contributed by atoms with E-state index in [-0.39, 0.29) is 5.23 Å². The zero-order valence-electron chi connectivity index (χ0n) is 4.02. The van der Waals surface area contributed by atoms with Gasteiger partial charge >= 0.3 is 0 Å². The fourth-order valence-electron chi connectivity index (χ4n) is 0.144. The molecular formula is C3H9NO2. The van der Waals surface area contributed by atoms with Crippen LogP contribution in [0.1, 0.15) is 6.92 Å². The van der Waals surface area contributed by atoms with Crippen LogP contribution in [0.3, 0.4) is 0 Å². The summed E-state index contributed by atoms with van der Waals surface area (Å²) in [6, 6.07) is 0. The lowest BCUT2D eigenvalue weighted by molar-refractivity contribution is -1.05. The predicted octanol–water partition coefficient (Wildman–Crippen LogP) is -1.05. The van der Waals surface area contributed by atoms with Crippen LogP contribution in [-0.2, 0) is 4.84 Å². The highest BCUT2D eigenvalue weighted by molar-refractivity contribution is 3.98. The van der Waals surface area contributed by atoms with Gasteiger partial charge < -0.3 is 5.21 Å². The first-order valence-corrected chi connectivity index (χ1v) is 1.88. The van der Waals surface area contributed by atoms with Crippen molar-refractivity contribution in [2.24, 2.45) is 0 Å². The summed E-state index contributed by atoms with van der Waals surface area (Å²) in [5.74, 6) is 0. The summed E-state index contributed by atoms with van der Waals surface area (Å²) in [6.45, 7) is 2.22. The number of rotatable bonds is 2. The van der Waals surface area contributed by atoms with E-state index in [1.807, 2.05) is 0 Å². The third kappa shape index (κ3) is 2.14. The Bertz CT molecular complexity index is 28.0. The van der Waals surface area contributed by atoms with Gasteiger partial charge in [-0.05, 0) is 6.92 Å². The van der Waals surface area contributed by atoms with Crippen LogP contribution in [-0.4, -0.2) is 13.7 Å². The van der Waals surface area contributed by atoms with Crippen molar-refractivity contribution in [2.45, 2.75) is 6.92 Å². The maximum absolute atomic E-state index is 9.96. The summed E-state index contributed by atoms with van der Waals surface area (Å²) < 4.78 is 0. The van der Waals surface area contributed by atoms with Gasteiger partial charge in [0.1, 0.15) is 6.54 Å². The van der Waals surface area contributed by atoms with Crippen molar-refractivity contribution in [1.82, 2.24) is 0 Å². The van der Waals surface area contributed by atoms with E-state index in [9.17, 15) is 5.21 Å². The fraction of sp³-hybridized carbons (Fsp3) is 1.00. The largest absolute Gasteiger partial charge is 0.600 e. The van der Waals surface area contributed by atoms with Crippen LogP contribution >= 0.6 is 0 Å². The van der Waals surface area contributed by atoms with E-state index in [2.05, 4.69) is 4.84 Å². The van der Waals surface area contributed by atoms with Gasteiger partial charge in [0.25, 0.3) is 0 Å². The third-order valence-electron chi connectivity index (χ3n) is 0.516. The molecule has 0 fully saturated rings. The smallest absolute Gasteiger partial charge is 0.104 e. The van der Waals surface area contributed by atoms with E-state index in [4.69, 9.17) is 0 Å². The molecule has 6 heavy (non-hydrogen) atoms. The molecule has 0 radical (unpaired) electrons. The van der Waals surface area contributed by atoms with Gasteiger partial charge in [-0.15, -0.1) is 0 Å². The van der Waals surface area contributed by atoms with Crippen LogP contribution in [0.2, 0.25) is 0 Å². The van der Waals surface area contributed by atoms with Crippen molar-refractivity contribution in [3.05, 3.63) is 5.21 Å². The Hall–Kier alpha value is -0.120. The Balaban J connectivity index is 2.75. The summed E-state index contributed by atoms with van der Waals surface area (Å²) in [5, 5.41) is 9.80. The molecule has 0 bridgehead atoms. The van der Waals surface area contributed by atoms with Gasteiger partial charge in [-0.2, -0.15) is 0 Å². The average Bonchev–Trinajstić information content (AvgIpc) is 1.65. The quantitative estimate of drug-likeness (QED) is 0.440. The lowest BCUT2D eigenvalue weighted by atomic mass is 10.8. The molecule has 0 saturated heterocycles. The van der Waals surface area contributed by atoms with Crippen molar-refractivity contribution in [1.29, 1.82) is 0 Å². The molecule has 0 aromatic heterocycles. The van der Waals surface area contributed by atoms with Crippen LogP contribution in [0.15, 0.2) is 0 Å². The highest BCUT2D eigenvalue weighted by Crippen LogP contribution is 1.37. The van der Waals surface area contributed by atoms with Gasteiger partial charge in [-0.25, -0.2) is 10.1 Å². The number of nitrogens with one attached hydrogen (secondary N) is 1. The molecule has 0 aromatic rings. The van der Waals surface area contributed by atoms with E-state index >= 15 is 0 Å². The SMILES string of the molecule is CC[NH+]([O-])OC. The molecule has 0 aliphatic rings. The van der Waals surface area contributed by atoms with Crippen LogP contribution in [0, 0.1) is 5.21 Å². The third-order valence-corrected chi connectivity index (χ3v) is 0.516. The Kier molecular flexibility index (Phi) is 3.02. The minimum atomic E-state index is -0.157. The van der Waals surface area contributed by atoms with Crippen molar-refractivity contribution < 1.29 is 10.1 Å². The molecule has 0 saturated carbocycles. The molecule has 0 aliphatic heterocycles. The molecule has 0 aromatic carbocycles. The van der Waals surface area contributed by atoms with E-state index in [0.29, 0.717) is 6.54 Å². The second-order valence-electron chi connectivity index (χ2n) is 0.930. The number of hydrogen-bond acceptors (Lipinski definition) is 2. The van der Waals surface area contributed by atoms with E-state index in [1.54, 1.807) is 6.92 Å². The van der Waals surface area contributed by atoms with Crippen LogP contribution < -0.4 is 5.23 Å². The lowest BCUT2D eigenvalue weighted by Crippen LogP contribution is -3.05. The first-order valence-electron chi connectivity index (χ1n) is 1.88. The van der Waals surface area contributed by atoms with Gasteiger partial charge in [0.15, 0.2) is 0 Å². The maximum Gasteiger partial charge on any atom is 0.104 e. The van der Waals surface area contributed by atoms with E-state index in [0.717, 1.165) is 0 Å². The molecule has 38 valence electrons. The summed E-state index contributed by atoms with van der Waals surface area (Å²) in [6.07, 6.45) is 0. The second kappa shape index (κ2) is 3.08. The standard InChI is InChI=1S/C3H9NO2/c1-3-4(5)6-2/h4H,3H2,1-2H3. The monoisotopic (exact) mass is 91.1 g/mol. The van der Waals surface area contributed by atoms with E-state index < -0.39 is 0 Å². The Morgan fingerprint density at radius 3 is 2.33 bits per heavy atom. The Labute approximate surface area is 37.0 Å². The maximum atomic E-state index is 9.96. The number of quaternary nitrogens is 1. The van der Waals surface area contributed by atoms with Crippen LogP contribution in [0.4, 0.5) is 0 Å². The Morgan fingerprint density at radius 2 is 2.33 bits per heavy atom. The Morgan fingerprint density at radius 1 is 1.83 bits per heavy atom. The molecule has 1 unspecified atom stereocenters. The molecule has 0 aliphatic carbocycles. The topological polar surface area (TPSA) is 36.7 Å². The zero-order valence-corrected chi connectivity index (χ0v) is 4.02. The van der Waals surface area contributed by atoms with Gasteiger partial charge in [-0.1, -0.05) is 0 Å². The van der Waals surface area contributed by atoms with Crippen LogP contribution in [0.5, 0.6) is 0 Å². The van der Waals surface area contributed by atoms with E-state index in [1.165, 1.54) is 7.11 Å². The minimum absolute atomic E-state index is 0.157. The molecular weight excluding hydrogens is 82.0 g/mol. The molecule has 3 nitrogen and oxygen atoms in total. The number of hydrogen-bond donors (Lipinski definition) is 1. The van der Waals surface area contributed by atoms with Crippen molar-refractivity contribution >= 4 is 0 Å². The first kappa shape index (κ1) is 5.88. The lowest BCUT2D eigenvalue weighted by Gasteiger charge is -2.13. The van der Waals surface area contributed by atoms with Gasteiger partial charge in [0.2, 0.25) is 0 Å². The number of hydroxylamine groups is 2. The molecule has 1 N–H and O–H groups in total. The molecule has 3 heteroatoms. The molecule has 0 amide bonds. The molecule has 1 atom stereocenters. The average molecular weight is 91.1 g/mol. The summed E-state index contributed by atoms with van der Waals surface area (Å²) in [4.78, 5) is 4.26. The van der Waals surface area contributed by atoms with Crippen molar-refractivity contribution in [2.75, 3.05) is 13.7 Å². The fourth-order valence-corrected chi connectivity index (χ4v) is 0.144. The highest BCUT2D eigenvalue weighted by atomic mass is 16.9. The normalized spacial score (nSPS) is 14.5. The summed E-state index contributed by atoms with van der Waals surface area (Å²) in [7, 11) is 1.38. The molecule has 0 heterocycles. The zero-order chi connectivity index (χ0) is 4.99.